The Kier molecular flexibility index (Phi) is 4.62. The first-order valence-electron chi connectivity index (χ1n) is 6.99. The van der Waals surface area contributed by atoms with E-state index < -0.39 is 11.4 Å². The molecular weight excluding hydrogens is 276 g/mol. The molecule has 1 saturated heterocycles. The van der Waals surface area contributed by atoms with Crippen LogP contribution < -0.4 is 0 Å². The van der Waals surface area contributed by atoms with Crippen LogP contribution in [0.3, 0.4) is 0 Å². The number of amides is 1. The number of likely N-dealkylation sites (tertiary alicyclic amines) is 1. The zero-order chi connectivity index (χ0) is 15.5. The highest BCUT2D eigenvalue weighted by Crippen LogP contribution is 2.34. The number of aliphatic carboxylic acids is 1. The molecule has 116 valence electrons. The van der Waals surface area contributed by atoms with Gasteiger partial charge >= 0.3 is 5.97 Å². The number of carbonyl (C=O) groups excluding carboxylic acids is 1. The van der Waals surface area contributed by atoms with E-state index in [0.29, 0.717) is 31.6 Å². The average Bonchev–Trinajstić information content (AvgIpc) is 2.95. The number of hydrogen-bond acceptors (Lipinski definition) is 5. The second-order valence-electron chi connectivity index (χ2n) is 5.38. The molecule has 2 rings (SSSR count). The van der Waals surface area contributed by atoms with E-state index in [2.05, 4.69) is 5.16 Å². The van der Waals surface area contributed by atoms with Crippen LogP contribution in [-0.2, 0) is 16.1 Å². The Morgan fingerprint density at radius 2 is 2.33 bits per heavy atom. The monoisotopic (exact) mass is 296 g/mol. The van der Waals surface area contributed by atoms with Gasteiger partial charge in [-0.3, -0.25) is 9.59 Å². The van der Waals surface area contributed by atoms with E-state index in [-0.39, 0.29) is 24.8 Å². The third-order valence-corrected chi connectivity index (χ3v) is 4.06. The Hall–Kier alpha value is -1.89. The smallest absolute Gasteiger partial charge is 0.311 e. The number of carbonyl (C=O) groups is 2. The standard InChI is InChI=1S/C14H20N2O5/c1-3-14(13(18)19)5-4-6-16(9-14)12(17)11-7-10(8-20-2)21-15-11/h7H,3-6,8-9H2,1-2H3,(H,18,19). The van der Waals surface area contributed by atoms with Gasteiger partial charge in [0.05, 0.1) is 5.41 Å². The molecule has 0 radical (unpaired) electrons. The van der Waals surface area contributed by atoms with E-state index in [4.69, 9.17) is 9.26 Å². The molecule has 0 spiro atoms. The Morgan fingerprint density at radius 3 is 2.95 bits per heavy atom. The van der Waals surface area contributed by atoms with E-state index in [1.165, 1.54) is 13.2 Å². The number of carboxylic acids is 1. The van der Waals surface area contributed by atoms with Crippen LogP contribution in [0.5, 0.6) is 0 Å². The summed E-state index contributed by atoms with van der Waals surface area (Å²) in [6, 6.07) is 1.54. The summed E-state index contributed by atoms with van der Waals surface area (Å²) >= 11 is 0. The molecule has 0 aromatic carbocycles. The van der Waals surface area contributed by atoms with Gasteiger partial charge in [-0.2, -0.15) is 0 Å². The van der Waals surface area contributed by atoms with E-state index >= 15 is 0 Å². The van der Waals surface area contributed by atoms with Crippen molar-refractivity contribution in [2.75, 3.05) is 20.2 Å². The van der Waals surface area contributed by atoms with Crippen molar-refractivity contribution in [2.24, 2.45) is 5.41 Å². The Balaban J connectivity index is 2.13. The molecular formula is C14H20N2O5. The van der Waals surface area contributed by atoms with E-state index in [0.717, 1.165) is 0 Å². The second-order valence-corrected chi connectivity index (χ2v) is 5.38. The summed E-state index contributed by atoms with van der Waals surface area (Å²) < 4.78 is 9.92. The number of piperidine rings is 1. The van der Waals surface area contributed by atoms with Gasteiger partial charge in [0.1, 0.15) is 6.61 Å². The summed E-state index contributed by atoms with van der Waals surface area (Å²) in [5.41, 5.74) is -0.660. The molecule has 1 aliphatic heterocycles. The first-order chi connectivity index (χ1) is 10.0. The number of nitrogens with zero attached hydrogens (tertiary/aromatic N) is 2. The minimum atomic E-state index is -0.854. The van der Waals surface area contributed by atoms with Crippen LogP contribution in [0.4, 0.5) is 0 Å². The van der Waals surface area contributed by atoms with Gasteiger partial charge in [0, 0.05) is 26.3 Å². The molecule has 1 unspecified atom stereocenters. The summed E-state index contributed by atoms with van der Waals surface area (Å²) in [4.78, 5) is 25.5. The molecule has 1 atom stereocenters. The molecule has 2 heterocycles. The summed E-state index contributed by atoms with van der Waals surface area (Å²) in [6.45, 7) is 2.84. The summed E-state index contributed by atoms with van der Waals surface area (Å²) in [5.74, 6) is -0.666. The maximum Gasteiger partial charge on any atom is 0.311 e. The van der Waals surface area contributed by atoms with Gasteiger partial charge in [0.2, 0.25) is 0 Å². The number of methoxy groups -OCH3 is 1. The van der Waals surface area contributed by atoms with E-state index in [9.17, 15) is 14.7 Å². The lowest BCUT2D eigenvalue weighted by atomic mass is 9.77. The summed E-state index contributed by atoms with van der Waals surface area (Å²) in [7, 11) is 1.52. The van der Waals surface area contributed by atoms with Crippen molar-refractivity contribution in [1.82, 2.24) is 10.1 Å². The largest absolute Gasteiger partial charge is 0.481 e. The third-order valence-electron chi connectivity index (χ3n) is 4.06. The van der Waals surface area contributed by atoms with Crippen LogP contribution in [0.25, 0.3) is 0 Å². The first kappa shape index (κ1) is 15.5. The van der Waals surface area contributed by atoms with Gasteiger partial charge in [-0.05, 0) is 19.3 Å². The minimum absolute atomic E-state index is 0.194. The van der Waals surface area contributed by atoms with Crippen molar-refractivity contribution >= 4 is 11.9 Å². The SMILES string of the molecule is CCC1(C(=O)O)CCCN(C(=O)c2cc(COC)on2)C1. The lowest BCUT2D eigenvalue weighted by molar-refractivity contribution is -0.152. The molecule has 7 nitrogen and oxygen atoms in total. The van der Waals surface area contributed by atoms with Crippen LogP contribution in [0.1, 0.15) is 42.4 Å². The van der Waals surface area contributed by atoms with Gasteiger partial charge in [0.25, 0.3) is 5.91 Å². The van der Waals surface area contributed by atoms with Crippen LogP contribution in [-0.4, -0.2) is 47.2 Å². The number of aromatic nitrogens is 1. The van der Waals surface area contributed by atoms with E-state index in [1.807, 2.05) is 6.92 Å². The highest BCUT2D eigenvalue weighted by Gasteiger charge is 2.42. The average molecular weight is 296 g/mol. The van der Waals surface area contributed by atoms with Gasteiger partial charge in [-0.15, -0.1) is 0 Å². The third kappa shape index (κ3) is 3.07. The Morgan fingerprint density at radius 1 is 1.57 bits per heavy atom. The number of ether oxygens (including phenoxy) is 1. The van der Waals surface area contributed by atoms with Crippen molar-refractivity contribution < 1.29 is 24.0 Å². The van der Waals surface area contributed by atoms with Crippen LogP contribution in [0.15, 0.2) is 10.6 Å². The summed E-state index contributed by atoms with van der Waals surface area (Å²) in [6.07, 6.45) is 1.77. The zero-order valence-electron chi connectivity index (χ0n) is 12.3. The molecule has 0 aliphatic carbocycles. The number of rotatable bonds is 5. The van der Waals surface area contributed by atoms with Gasteiger partial charge in [-0.1, -0.05) is 12.1 Å². The predicted molar refractivity (Wildman–Crippen MR) is 72.7 cm³/mol. The molecule has 1 amide bonds. The molecule has 0 bridgehead atoms. The Bertz CT molecular complexity index is 527. The van der Waals surface area contributed by atoms with Gasteiger partial charge in [-0.25, -0.2) is 0 Å². The molecule has 7 heteroatoms. The fourth-order valence-electron chi connectivity index (χ4n) is 2.71. The number of carboxylic acid groups (broad SMARTS) is 1. The second kappa shape index (κ2) is 6.26. The van der Waals surface area contributed by atoms with Gasteiger partial charge in [0.15, 0.2) is 11.5 Å². The van der Waals surface area contributed by atoms with Crippen LogP contribution >= 0.6 is 0 Å². The number of hydrogen-bond donors (Lipinski definition) is 1. The maximum absolute atomic E-state index is 12.4. The fourth-order valence-corrected chi connectivity index (χ4v) is 2.71. The predicted octanol–water partition coefficient (Wildman–Crippen LogP) is 1.54. The highest BCUT2D eigenvalue weighted by molar-refractivity contribution is 5.92. The fraction of sp³-hybridized carbons (Fsp3) is 0.643. The molecule has 1 aromatic rings. The van der Waals surface area contributed by atoms with Crippen LogP contribution in [0.2, 0.25) is 0 Å². The Labute approximate surface area is 122 Å². The normalized spacial score (nSPS) is 22.3. The quantitative estimate of drug-likeness (QED) is 0.886. The molecule has 21 heavy (non-hydrogen) atoms. The molecule has 1 fully saturated rings. The zero-order valence-corrected chi connectivity index (χ0v) is 12.3. The van der Waals surface area contributed by atoms with Crippen molar-refractivity contribution in [3.63, 3.8) is 0 Å². The molecule has 0 saturated carbocycles. The van der Waals surface area contributed by atoms with E-state index in [1.54, 1.807) is 4.90 Å². The van der Waals surface area contributed by atoms with Crippen molar-refractivity contribution in [3.8, 4) is 0 Å². The van der Waals surface area contributed by atoms with Crippen molar-refractivity contribution in [1.29, 1.82) is 0 Å². The van der Waals surface area contributed by atoms with Crippen LogP contribution in [0, 0.1) is 5.41 Å². The molecule has 1 aromatic heterocycles. The molecule has 1 aliphatic rings. The highest BCUT2D eigenvalue weighted by atomic mass is 16.5. The minimum Gasteiger partial charge on any atom is -0.481 e. The van der Waals surface area contributed by atoms with Gasteiger partial charge < -0.3 is 19.3 Å². The van der Waals surface area contributed by atoms with Crippen molar-refractivity contribution in [3.05, 3.63) is 17.5 Å². The molecule has 1 N–H and O–H groups in total. The lowest BCUT2D eigenvalue weighted by Crippen LogP contribution is -2.49. The summed E-state index contributed by atoms with van der Waals surface area (Å²) in [5, 5.41) is 13.2. The first-order valence-corrected chi connectivity index (χ1v) is 6.99. The maximum atomic E-state index is 12.4. The lowest BCUT2D eigenvalue weighted by Gasteiger charge is -2.39. The topological polar surface area (TPSA) is 92.9 Å². The van der Waals surface area contributed by atoms with Crippen molar-refractivity contribution in [2.45, 2.75) is 32.8 Å².